The Labute approximate surface area is 120 Å². The van der Waals surface area contributed by atoms with Gasteiger partial charge in [-0.05, 0) is 40.0 Å². The zero-order chi connectivity index (χ0) is 14.7. The van der Waals surface area contributed by atoms with Crippen LogP contribution in [0.25, 0.3) is 0 Å². The van der Waals surface area contributed by atoms with Gasteiger partial charge in [0, 0.05) is 25.2 Å². The Balaban J connectivity index is 1.94. The molecule has 0 unspecified atom stereocenters. The molecule has 112 valence electrons. The quantitative estimate of drug-likeness (QED) is 0.917. The number of hydrogen-bond donors (Lipinski definition) is 1. The number of piperidine rings is 1. The second-order valence-electron chi connectivity index (χ2n) is 5.79. The summed E-state index contributed by atoms with van der Waals surface area (Å²) in [6.07, 6.45) is 2.73. The van der Waals surface area contributed by atoms with Gasteiger partial charge in [0.05, 0.1) is 5.69 Å². The summed E-state index contributed by atoms with van der Waals surface area (Å²) in [5.74, 6) is 0.572. The van der Waals surface area contributed by atoms with Crippen molar-refractivity contribution in [3.63, 3.8) is 0 Å². The molecule has 0 spiro atoms. The van der Waals surface area contributed by atoms with Crippen molar-refractivity contribution >= 4 is 5.91 Å². The predicted molar refractivity (Wildman–Crippen MR) is 77.8 cm³/mol. The third-order valence-corrected chi connectivity index (χ3v) is 4.09. The van der Waals surface area contributed by atoms with Crippen LogP contribution in [0.3, 0.4) is 0 Å². The van der Waals surface area contributed by atoms with Crippen LogP contribution in [0.2, 0.25) is 0 Å². The number of aromatic nitrogens is 1. The molecule has 1 aliphatic rings. The Morgan fingerprint density at radius 2 is 2.10 bits per heavy atom. The van der Waals surface area contributed by atoms with Gasteiger partial charge in [-0.1, -0.05) is 12.1 Å². The van der Waals surface area contributed by atoms with Crippen molar-refractivity contribution in [1.29, 1.82) is 0 Å². The van der Waals surface area contributed by atoms with Crippen LogP contribution in [-0.4, -0.2) is 41.1 Å². The van der Waals surface area contributed by atoms with Crippen LogP contribution in [0, 0.1) is 6.92 Å². The molecule has 5 nitrogen and oxygen atoms in total. The van der Waals surface area contributed by atoms with Crippen molar-refractivity contribution in [2.45, 2.75) is 59.0 Å². The second-order valence-corrected chi connectivity index (χ2v) is 5.79. The number of carbonyl (C=O) groups is 1. The van der Waals surface area contributed by atoms with Crippen molar-refractivity contribution < 1.29 is 9.32 Å². The molecular formula is C15H25N3O2. The maximum atomic E-state index is 12.4. The lowest BCUT2D eigenvalue weighted by Crippen LogP contribution is -2.46. The Morgan fingerprint density at radius 1 is 1.45 bits per heavy atom. The van der Waals surface area contributed by atoms with Crippen molar-refractivity contribution in [2.75, 3.05) is 13.1 Å². The van der Waals surface area contributed by atoms with Crippen LogP contribution >= 0.6 is 0 Å². The number of nitrogens with zero attached hydrogens (tertiary/aromatic N) is 2. The highest BCUT2D eigenvalue weighted by Crippen LogP contribution is 2.17. The minimum absolute atomic E-state index is 0.0383. The molecule has 0 aromatic carbocycles. The van der Waals surface area contributed by atoms with E-state index >= 15 is 0 Å². The van der Waals surface area contributed by atoms with E-state index < -0.39 is 0 Å². The molecule has 5 heteroatoms. The summed E-state index contributed by atoms with van der Waals surface area (Å²) in [6.45, 7) is 10.3. The normalized spacial score (nSPS) is 17.6. The number of hydrogen-bond acceptors (Lipinski definition) is 4. The largest absolute Gasteiger partial charge is 0.361 e. The zero-order valence-corrected chi connectivity index (χ0v) is 12.9. The first-order chi connectivity index (χ1) is 9.52. The van der Waals surface area contributed by atoms with E-state index in [0.717, 1.165) is 31.6 Å². The van der Waals surface area contributed by atoms with E-state index in [0.29, 0.717) is 23.8 Å². The number of carbonyl (C=O) groups excluding carboxylic acids is 1. The fraction of sp³-hybridized carbons (Fsp3) is 0.733. The van der Waals surface area contributed by atoms with E-state index in [9.17, 15) is 4.79 Å². The topological polar surface area (TPSA) is 58.4 Å². The van der Waals surface area contributed by atoms with Crippen molar-refractivity contribution in [1.82, 2.24) is 15.4 Å². The van der Waals surface area contributed by atoms with Gasteiger partial charge in [0.2, 0.25) is 0 Å². The predicted octanol–water partition coefficient (Wildman–Crippen LogP) is 2.15. The third kappa shape index (κ3) is 3.20. The van der Waals surface area contributed by atoms with E-state index in [1.807, 2.05) is 6.92 Å². The van der Waals surface area contributed by atoms with E-state index in [4.69, 9.17) is 4.52 Å². The minimum atomic E-state index is -0.0383. The van der Waals surface area contributed by atoms with Gasteiger partial charge < -0.3 is 14.7 Å². The van der Waals surface area contributed by atoms with Crippen LogP contribution in [0.5, 0.6) is 0 Å². The number of nitrogens with one attached hydrogen (secondary N) is 1. The van der Waals surface area contributed by atoms with Crippen LogP contribution in [0.1, 0.15) is 55.4 Å². The molecule has 1 aromatic heterocycles. The average molecular weight is 279 g/mol. The van der Waals surface area contributed by atoms with E-state index in [-0.39, 0.29) is 11.9 Å². The Hall–Kier alpha value is -1.36. The molecule has 2 heterocycles. The van der Waals surface area contributed by atoms with Gasteiger partial charge in [0.15, 0.2) is 0 Å². The van der Waals surface area contributed by atoms with Crippen molar-refractivity contribution in [3.8, 4) is 0 Å². The summed E-state index contributed by atoms with van der Waals surface area (Å²) in [7, 11) is 0. The summed E-state index contributed by atoms with van der Waals surface area (Å²) in [6, 6.07) is 0.843. The first-order valence-electron chi connectivity index (χ1n) is 7.53. The molecule has 0 bridgehead atoms. The lowest BCUT2D eigenvalue weighted by atomic mass is 10.0. The second kappa shape index (κ2) is 6.39. The summed E-state index contributed by atoms with van der Waals surface area (Å²) >= 11 is 0. The molecule has 1 N–H and O–H groups in total. The van der Waals surface area contributed by atoms with Gasteiger partial charge in [0.1, 0.15) is 11.3 Å². The van der Waals surface area contributed by atoms with Crippen LogP contribution < -0.4 is 5.32 Å². The molecule has 0 radical (unpaired) electrons. The van der Waals surface area contributed by atoms with E-state index in [1.54, 1.807) is 6.92 Å². The Morgan fingerprint density at radius 3 is 2.65 bits per heavy atom. The highest BCUT2D eigenvalue weighted by Gasteiger charge is 2.25. The third-order valence-electron chi connectivity index (χ3n) is 4.09. The lowest BCUT2D eigenvalue weighted by molar-refractivity contribution is 0.0898. The van der Waals surface area contributed by atoms with Crippen molar-refractivity contribution in [2.24, 2.45) is 0 Å². The molecule has 0 aliphatic carbocycles. The standard InChI is InChI=1S/C15H25N3O2/c1-5-13-14(11(4)20-17-13)15(19)16-12-6-8-18(9-7-12)10(2)3/h10,12H,5-9H2,1-4H3,(H,16,19). The number of aryl methyl sites for hydroxylation is 2. The molecule has 0 saturated carbocycles. The molecule has 1 aliphatic heterocycles. The Bertz CT molecular complexity index is 460. The molecule has 1 aromatic rings. The SMILES string of the molecule is CCc1noc(C)c1C(=O)NC1CCN(C(C)C)CC1. The van der Waals surface area contributed by atoms with Crippen LogP contribution in [0.15, 0.2) is 4.52 Å². The number of amides is 1. The number of likely N-dealkylation sites (tertiary alicyclic amines) is 1. The fourth-order valence-corrected chi connectivity index (χ4v) is 2.77. The fourth-order valence-electron chi connectivity index (χ4n) is 2.77. The Kier molecular flexibility index (Phi) is 4.81. The van der Waals surface area contributed by atoms with Gasteiger partial charge in [-0.15, -0.1) is 0 Å². The van der Waals surface area contributed by atoms with Gasteiger partial charge in [-0.2, -0.15) is 0 Å². The molecule has 1 fully saturated rings. The highest BCUT2D eigenvalue weighted by molar-refractivity contribution is 5.96. The summed E-state index contributed by atoms with van der Waals surface area (Å²) in [5.41, 5.74) is 1.37. The molecule has 20 heavy (non-hydrogen) atoms. The lowest BCUT2D eigenvalue weighted by Gasteiger charge is -2.34. The minimum Gasteiger partial charge on any atom is -0.361 e. The summed E-state index contributed by atoms with van der Waals surface area (Å²) < 4.78 is 5.13. The maximum Gasteiger partial charge on any atom is 0.257 e. The first-order valence-corrected chi connectivity index (χ1v) is 7.53. The van der Waals surface area contributed by atoms with Crippen LogP contribution in [-0.2, 0) is 6.42 Å². The molecule has 2 rings (SSSR count). The van der Waals surface area contributed by atoms with E-state index in [2.05, 4.69) is 29.2 Å². The zero-order valence-electron chi connectivity index (χ0n) is 12.9. The molecular weight excluding hydrogens is 254 g/mol. The monoisotopic (exact) mass is 279 g/mol. The average Bonchev–Trinajstić information content (AvgIpc) is 2.80. The van der Waals surface area contributed by atoms with Gasteiger partial charge >= 0.3 is 0 Å². The molecule has 0 atom stereocenters. The van der Waals surface area contributed by atoms with Gasteiger partial charge in [-0.3, -0.25) is 4.79 Å². The van der Waals surface area contributed by atoms with Crippen LogP contribution in [0.4, 0.5) is 0 Å². The summed E-state index contributed by atoms with van der Waals surface area (Å²) in [4.78, 5) is 14.8. The van der Waals surface area contributed by atoms with Gasteiger partial charge in [0.25, 0.3) is 5.91 Å². The van der Waals surface area contributed by atoms with Crippen molar-refractivity contribution in [3.05, 3.63) is 17.0 Å². The smallest absolute Gasteiger partial charge is 0.257 e. The maximum absolute atomic E-state index is 12.4. The first kappa shape index (κ1) is 15.0. The molecule has 1 amide bonds. The number of rotatable bonds is 4. The highest BCUT2D eigenvalue weighted by atomic mass is 16.5. The van der Waals surface area contributed by atoms with E-state index in [1.165, 1.54) is 0 Å². The molecule has 1 saturated heterocycles. The van der Waals surface area contributed by atoms with Gasteiger partial charge in [-0.25, -0.2) is 0 Å². The summed E-state index contributed by atoms with van der Waals surface area (Å²) in [5, 5.41) is 7.07.